The Balaban J connectivity index is 1.98. The minimum absolute atomic E-state index is 0.0837. The zero-order valence-electron chi connectivity index (χ0n) is 11.6. The second-order valence-electron chi connectivity index (χ2n) is 5.00. The Labute approximate surface area is 114 Å². The highest BCUT2D eigenvalue weighted by molar-refractivity contribution is 5.81. The van der Waals surface area contributed by atoms with Crippen molar-refractivity contribution >= 4 is 5.91 Å². The molecule has 0 radical (unpaired) electrons. The summed E-state index contributed by atoms with van der Waals surface area (Å²) in [5.41, 5.74) is 1.16. The van der Waals surface area contributed by atoms with Gasteiger partial charge in [0.05, 0.1) is 13.2 Å². The Hall–Kier alpha value is -1.55. The maximum Gasteiger partial charge on any atom is 0.237 e. The van der Waals surface area contributed by atoms with E-state index in [1.807, 2.05) is 24.3 Å². The molecule has 0 aromatic heterocycles. The molecular formula is C15H22N2O2. The van der Waals surface area contributed by atoms with Crippen LogP contribution in [-0.4, -0.2) is 25.6 Å². The quantitative estimate of drug-likeness (QED) is 0.872. The summed E-state index contributed by atoms with van der Waals surface area (Å²) < 4.78 is 5.15. The molecule has 2 N–H and O–H groups in total. The van der Waals surface area contributed by atoms with E-state index < -0.39 is 0 Å². The van der Waals surface area contributed by atoms with Crippen LogP contribution in [0.25, 0.3) is 0 Å². The molecule has 0 aliphatic carbocycles. The van der Waals surface area contributed by atoms with Gasteiger partial charge < -0.3 is 10.1 Å². The van der Waals surface area contributed by atoms with E-state index in [1.165, 1.54) is 0 Å². The molecule has 1 unspecified atom stereocenters. The highest BCUT2D eigenvalue weighted by Gasteiger charge is 2.22. The molecule has 1 fully saturated rings. The molecule has 0 bridgehead atoms. The van der Waals surface area contributed by atoms with Crippen molar-refractivity contribution in [1.29, 1.82) is 0 Å². The van der Waals surface area contributed by atoms with Gasteiger partial charge in [0.25, 0.3) is 0 Å². The number of hydrogen-bond donors (Lipinski definition) is 2. The third kappa shape index (κ3) is 3.70. The first kappa shape index (κ1) is 13.9. The lowest BCUT2D eigenvalue weighted by Gasteiger charge is -2.21. The smallest absolute Gasteiger partial charge is 0.237 e. The van der Waals surface area contributed by atoms with Crippen LogP contribution in [0.2, 0.25) is 0 Å². The third-order valence-corrected chi connectivity index (χ3v) is 3.60. The molecule has 1 heterocycles. The lowest BCUT2D eigenvalue weighted by molar-refractivity contribution is -0.123. The van der Waals surface area contributed by atoms with E-state index in [4.69, 9.17) is 4.74 Å². The fourth-order valence-electron chi connectivity index (χ4n) is 2.39. The molecule has 104 valence electrons. The molecule has 1 aromatic carbocycles. The van der Waals surface area contributed by atoms with Crippen molar-refractivity contribution in [2.24, 2.45) is 0 Å². The van der Waals surface area contributed by atoms with Crippen LogP contribution in [0.5, 0.6) is 5.75 Å². The molecule has 2 rings (SSSR count). The van der Waals surface area contributed by atoms with Gasteiger partial charge in [-0.1, -0.05) is 12.1 Å². The summed E-state index contributed by atoms with van der Waals surface area (Å²) in [6, 6.07) is 8.02. The predicted molar refractivity (Wildman–Crippen MR) is 75.2 cm³/mol. The van der Waals surface area contributed by atoms with Crippen molar-refractivity contribution in [3.8, 4) is 5.75 Å². The normalized spacial score (nSPS) is 21.4. The zero-order chi connectivity index (χ0) is 13.7. The topological polar surface area (TPSA) is 50.4 Å². The third-order valence-electron chi connectivity index (χ3n) is 3.60. The van der Waals surface area contributed by atoms with Gasteiger partial charge in [-0.2, -0.15) is 0 Å². The van der Waals surface area contributed by atoms with Gasteiger partial charge in [0.15, 0.2) is 0 Å². The number of carbonyl (C=O) groups excluding carboxylic acids is 1. The Morgan fingerprint density at radius 1 is 1.32 bits per heavy atom. The van der Waals surface area contributed by atoms with E-state index in [9.17, 15) is 4.79 Å². The molecule has 1 aromatic rings. The maximum absolute atomic E-state index is 11.9. The summed E-state index contributed by atoms with van der Waals surface area (Å²) in [5.74, 6) is 0.973. The monoisotopic (exact) mass is 262 g/mol. The van der Waals surface area contributed by atoms with E-state index in [0.717, 1.165) is 37.1 Å². The van der Waals surface area contributed by atoms with Crippen LogP contribution in [0, 0.1) is 0 Å². The molecule has 2 atom stereocenters. The van der Waals surface area contributed by atoms with Crippen molar-refractivity contribution in [3.63, 3.8) is 0 Å². The average Bonchev–Trinajstić information content (AvgIpc) is 2.64. The van der Waals surface area contributed by atoms with Gasteiger partial charge in [0, 0.05) is 12.6 Å². The Bertz CT molecular complexity index is 417. The van der Waals surface area contributed by atoms with Crippen LogP contribution >= 0.6 is 0 Å². The first-order valence-electron chi connectivity index (χ1n) is 6.88. The molecular weight excluding hydrogens is 240 g/mol. The predicted octanol–water partition coefficient (Wildman–Crippen LogP) is 2.01. The summed E-state index contributed by atoms with van der Waals surface area (Å²) in [6.45, 7) is 2.88. The minimum Gasteiger partial charge on any atom is -0.497 e. The molecule has 1 aliphatic heterocycles. The maximum atomic E-state index is 11.9. The van der Waals surface area contributed by atoms with Crippen molar-refractivity contribution < 1.29 is 9.53 Å². The molecule has 1 aliphatic rings. The lowest BCUT2D eigenvalue weighted by atomic mass is 10.0. The van der Waals surface area contributed by atoms with Crippen LogP contribution in [-0.2, 0) is 4.79 Å². The fourth-order valence-corrected chi connectivity index (χ4v) is 2.39. The average molecular weight is 262 g/mol. The lowest BCUT2D eigenvalue weighted by Crippen LogP contribution is -2.43. The van der Waals surface area contributed by atoms with Gasteiger partial charge in [0.2, 0.25) is 5.91 Å². The van der Waals surface area contributed by atoms with Crippen LogP contribution in [0.15, 0.2) is 24.3 Å². The largest absolute Gasteiger partial charge is 0.497 e. The molecule has 1 saturated heterocycles. The number of rotatable bonds is 4. The summed E-state index contributed by atoms with van der Waals surface area (Å²) in [4.78, 5) is 11.9. The summed E-state index contributed by atoms with van der Waals surface area (Å²) in [7, 11) is 1.66. The second-order valence-corrected chi connectivity index (χ2v) is 5.00. The highest BCUT2D eigenvalue weighted by atomic mass is 16.5. The molecule has 0 saturated carbocycles. The standard InChI is InChI=1S/C15H22N2O2/c1-11(12-6-8-13(19-2)9-7-12)17-14-5-3-4-10-16-15(14)18/h6-9,11,14,17H,3-5,10H2,1-2H3,(H,16,18)/t11-,14?/m0/s1. The first-order chi connectivity index (χ1) is 9.20. The Morgan fingerprint density at radius 2 is 2.05 bits per heavy atom. The summed E-state index contributed by atoms with van der Waals surface area (Å²) in [6.07, 6.45) is 3.07. The van der Waals surface area contributed by atoms with Gasteiger partial charge in [-0.3, -0.25) is 10.1 Å². The number of benzene rings is 1. The molecule has 0 spiro atoms. The summed E-state index contributed by atoms with van der Waals surface area (Å²) in [5, 5.41) is 6.36. The number of methoxy groups -OCH3 is 1. The summed E-state index contributed by atoms with van der Waals surface area (Å²) >= 11 is 0. The van der Waals surface area contributed by atoms with Crippen molar-refractivity contribution in [1.82, 2.24) is 10.6 Å². The van der Waals surface area contributed by atoms with Gasteiger partial charge >= 0.3 is 0 Å². The number of ether oxygens (including phenoxy) is 1. The highest BCUT2D eigenvalue weighted by Crippen LogP contribution is 2.19. The molecule has 4 heteroatoms. The van der Waals surface area contributed by atoms with Crippen LogP contribution in [0.4, 0.5) is 0 Å². The van der Waals surface area contributed by atoms with Crippen molar-refractivity contribution in [2.75, 3.05) is 13.7 Å². The Morgan fingerprint density at radius 3 is 2.74 bits per heavy atom. The minimum atomic E-state index is -0.0837. The SMILES string of the molecule is COc1ccc([C@H](C)NC2CCCCNC2=O)cc1. The van der Waals surface area contributed by atoms with Crippen molar-refractivity contribution in [3.05, 3.63) is 29.8 Å². The Kier molecular flexibility index (Phi) is 4.80. The van der Waals surface area contributed by atoms with E-state index in [2.05, 4.69) is 17.6 Å². The van der Waals surface area contributed by atoms with Gasteiger partial charge in [0.1, 0.15) is 5.75 Å². The first-order valence-corrected chi connectivity index (χ1v) is 6.88. The van der Waals surface area contributed by atoms with Crippen LogP contribution < -0.4 is 15.4 Å². The number of carbonyl (C=O) groups is 1. The number of hydrogen-bond acceptors (Lipinski definition) is 3. The van der Waals surface area contributed by atoms with E-state index in [0.29, 0.717) is 0 Å². The van der Waals surface area contributed by atoms with E-state index >= 15 is 0 Å². The van der Waals surface area contributed by atoms with E-state index in [1.54, 1.807) is 7.11 Å². The van der Waals surface area contributed by atoms with Crippen LogP contribution in [0.1, 0.15) is 37.8 Å². The number of nitrogens with one attached hydrogen (secondary N) is 2. The zero-order valence-corrected chi connectivity index (χ0v) is 11.6. The number of amides is 1. The fraction of sp³-hybridized carbons (Fsp3) is 0.533. The molecule has 4 nitrogen and oxygen atoms in total. The van der Waals surface area contributed by atoms with Crippen LogP contribution in [0.3, 0.4) is 0 Å². The van der Waals surface area contributed by atoms with Crippen molar-refractivity contribution in [2.45, 2.75) is 38.3 Å². The van der Waals surface area contributed by atoms with Gasteiger partial charge in [-0.05, 0) is 43.9 Å². The molecule has 19 heavy (non-hydrogen) atoms. The molecule has 1 amide bonds. The second kappa shape index (κ2) is 6.57. The van der Waals surface area contributed by atoms with Gasteiger partial charge in [-0.25, -0.2) is 0 Å². The van der Waals surface area contributed by atoms with Gasteiger partial charge in [-0.15, -0.1) is 0 Å². The van der Waals surface area contributed by atoms with E-state index in [-0.39, 0.29) is 18.0 Å².